The van der Waals surface area contributed by atoms with E-state index in [1.807, 2.05) is 42.2 Å². The van der Waals surface area contributed by atoms with Gasteiger partial charge in [-0.05, 0) is 30.3 Å². The Kier molecular flexibility index (Phi) is 2.32. The van der Waals surface area contributed by atoms with Crippen molar-refractivity contribution in [2.45, 2.75) is 0 Å². The Morgan fingerprint density at radius 3 is 2.80 bits per heavy atom. The van der Waals surface area contributed by atoms with E-state index in [-0.39, 0.29) is 0 Å². The lowest BCUT2D eigenvalue weighted by Crippen LogP contribution is -1.93. The van der Waals surface area contributed by atoms with Gasteiger partial charge in [0, 0.05) is 29.9 Å². The van der Waals surface area contributed by atoms with Gasteiger partial charge in [-0.2, -0.15) is 5.10 Å². The topological polar surface area (TPSA) is 48.3 Å². The van der Waals surface area contributed by atoms with Gasteiger partial charge in [-0.15, -0.1) is 0 Å². The monoisotopic (exact) mass is 267 g/mol. The van der Waals surface area contributed by atoms with Crippen molar-refractivity contribution in [3.8, 4) is 11.5 Å². The molecule has 2 heterocycles. The summed E-state index contributed by atoms with van der Waals surface area (Å²) < 4.78 is 12.5. The molecule has 0 unspecified atom stereocenters. The molecule has 1 N–H and O–H groups in total. The van der Waals surface area contributed by atoms with Crippen LogP contribution in [-0.4, -0.2) is 16.6 Å². The first-order valence-electron chi connectivity index (χ1n) is 6.38. The number of benzene rings is 2. The zero-order valence-electron chi connectivity index (χ0n) is 11.0. The molecule has 1 aliphatic heterocycles. The Hall–Kier alpha value is -2.69. The predicted octanol–water partition coefficient (Wildman–Crippen LogP) is 3.05. The molecule has 0 saturated carbocycles. The third-order valence-electron chi connectivity index (χ3n) is 3.41. The van der Waals surface area contributed by atoms with Crippen molar-refractivity contribution in [3.05, 3.63) is 42.6 Å². The molecule has 0 atom stereocenters. The van der Waals surface area contributed by atoms with Crippen LogP contribution in [0.3, 0.4) is 0 Å². The van der Waals surface area contributed by atoms with E-state index in [2.05, 4.69) is 22.5 Å². The molecule has 0 amide bonds. The number of hydrogen-bond donors (Lipinski definition) is 1. The number of aromatic nitrogens is 2. The predicted molar refractivity (Wildman–Crippen MR) is 76.6 cm³/mol. The Morgan fingerprint density at radius 2 is 1.85 bits per heavy atom. The van der Waals surface area contributed by atoms with Crippen molar-refractivity contribution in [2.75, 3.05) is 12.1 Å². The fourth-order valence-electron chi connectivity index (χ4n) is 2.36. The van der Waals surface area contributed by atoms with Crippen LogP contribution in [0.15, 0.2) is 42.6 Å². The van der Waals surface area contributed by atoms with Gasteiger partial charge in [0.1, 0.15) is 0 Å². The van der Waals surface area contributed by atoms with Gasteiger partial charge in [-0.25, -0.2) is 0 Å². The number of nitrogens with zero attached hydrogens (tertiary/aromatic N) is 2. The molecule has 0 bridgehead atoms. The second kappa shape index (κ2) is 4.16. The standard InChI is InChI=1S/C15H13N3O2/c1-18-13-6-11(3-2-10(13)8-16-18)17-12-4-5-14-15(7-12)20-9-19-14/h2-8,17H,9H2,1H3. The highest BCUT2D eigenvalue weighted by molar-refractivity contribution is 5.83. The number of fused-ring (bicyclic) bond motifs is 2. The largest absolute Gasteiger partial charge is 0.454 e. The van der Waals surface area contributed by atoms with Gasteiger partial charge in [0.05, 0.1) is 11.7 Å². The van der Waals surface area contributed by atoms with Gasteiger partial charge in [-0.1, -0.05) is 0 Å². The maximum atomic E-state index is 5.38. The molecular formula is C15H13N3O2. The van der Waals surface area contributed by atoms with Crippen LogP contribution >= 0.6 is 0 Å². The Bertz CT molecular complexity index is 795. The van der Waals surface area contributed by atoms with E-state index in [4.69, 9.17) is 9.47 Å². The van der Waals surface area contributed by atoms with E-state index < -0.39 is 0 Å². The Labute approximate surface area is 115 Å². The third kappa shape index (κ3) is 1.75. The van der Waals surface area contributed by atoms with Crippen LogP contribution in [0.25, 0.3) is 10.9 Å². The van der Waals surface area contributed by atoms with Crippen molar-refractivity contribution in [1.29, 1.82) is 0 Å². The molecule has 3 aromatic rings. The van der Waals surface area contributed by atoms with Gasteiger partial charge in [0.25, 0.3) is 0 Å². The molecular weight excluding hydrogens is 254 g/mol. The normalized spacial score (nSPS) is 12.8. The second-order valence-electron chi connectivity index (χ2n) is 4.73. The van der Waals surface area contributed by atoms with Crippen LogP contribution in [0.4, 0.5) is 11.4 Å². The van der Waals surface area contributed by atoms with E-state index in [0.29, 0.717) is 6.79 Å². The lowest BCUT2D eigenvalue weighted by atomic mass is 10.2. The van der Waals surface area contributed by atoms with Crippen LogP contribution in [-0.2, 0) is 7.05 Å². The molecule has 0 aliphatic carbocycles. The molecule has 0 fully saturated rings. The highest BCUT2D eigenvalue weighted by atomic mass is 16.7. The third-order valence-corrected chi connectivity index (χ3v) is 3.41. The molecule has 20 heavy (non-hydrogen) atoms. The summed E-state index contributed by atoms with van der Waals surface area (Å²) >= 11 is 0. The van der Waals surface area contributed by atoms with Crippen LogP contribution in [0, 0.1) is 0 Å². The zero-order valence-corrected chi connectivity index (χ0v) is 11.0. The van der Waals surface area contributed by atoms with E-state index in [1.165, 1.54) is 0 Å². The maximum Gasteiger partial charge on any atom is 0.231 e. The summed E-state index contributed by atoms with van der Waals surface area (Å²) in [7, 11) is 1.94. The van der Waals surface area contributed by atoms with Crippen LogP contribution in [0.1, 0.15) is 0 Å². The van der Waals surface area contributed by atoms with Crippen LogP contribution < -0.4 is 14.8 Å². The molecule has 1 aliphatic rings. The summed E-state index contributed by atoms with van der Waals surface area (Å²) in [4.78, 5) is 0. The maximum absolute atomic E-state index is 5.38. The van der Waals surface area contributed by atoms with E-state index >= 15 is 0 Å². The summed E-state index contributed by atoms with van der Waals surface area (Å²) in [6.07, 6.45) is 1.86. The lowest BCUT2D eigenvalue weighted by Gasteiger charge is -2.07. The molecule has 0 saturated heterocycles. The number of nitrogens with one attached hydrogen (secondary N) is 1. The lowest BCUT2D eigenvalue weighted by molar-refractivity contribution is 0.174. The minimum absolute atomic E-state index is 0.291. The SMILES string of the molecule is Cn1ncc2ccc(Nc3ccc4c(c3)OCO4)cc21. The average molecular weight is 267 g/mol. The zero-order chi connectivity index (χ0) is 13.5. The molecule has 5 heteroatoms. The summed E-state index contributed by atoms with van der Waals surface area (Å²) in [6, 6.07) is 12.0. The van der Waals surface area contributed by atoms with Crippen molar-refractivity contribution >= 4 is 22.3 Å². The van der Waals surface area contributed by atoms with Gasteiger partial charge in [-0.3, -0.25) is 4.68 Å². The number of hydrogen-bond acceptors (Lipinski definition) is 4. The molecule has 0 radical (unpaired) electrons. The molecule has 2 aromatic carbocycles. The van der Waals surface area contributed by atoms with Gasteiger partial charge >= 0.3 is 0 Å². The van der Waals surface area contributed by atoms with Gasteiger partial charge in [0.15, 0.2) is 11.5 Å². The fraction of sp³-hybridized carbons (Fsp3) is 0.133. The molecule has 1 aromatic heterocycles. The number of ether oxygens (including phenoxy) is 2. The van der Waals surface area contributed by atoms with Crippen LogP contribution in [0.5, 0.6) is 11.5 Å². The van der Waals surface area contributed by atoms with Crippen molar-refractivity contribution in [1.82, 2.24) is 9.78 Å². The van der Waals surface area contributed by atoms with Gasteiger partial charge < -0.3 is 14.8 Å². The first-order valence-corrected chi connectivity index (χ1v) is 6.38. The van der Waals surface area contributed by atoms with E-state index in [1.54, 1.807) is 0 Å². The minimum atomic E-state index is 0.291. The Morgan fingerprint density at radius 1 is 1.05 bits per heavy atom. The number of anilines is 2. The summed E-state index contributed by atoms with van der Waals surface area (Å²) in [5.41, 5.74) is 3.08. The Balaban J connectivity index is 1.68. The molecule has 0 spiro atoms. The minimum Gasteiger partial charge on any atom is -0.454 e. The first kappa shape index (κ1) is 11.2. The highest BCUT2D eigenvalue weighted by Gasteiger charge is 2.13. The molecule has 5 nitrogen and oxygen atoms in total. The smallest absolute Gasteiger partial charge is 0.231 e. The first-order chi connectivity index (χ1) is 9.79. The van der Waals surface area contributed by atoms with E-state index in [0.717, 1.165) is 33.8 Å². The summed E-state index contributed by atoms with van der Waals surface area (Å²) in [6.45, 7) is 0.291. The summed E-state index contributed by atoms with van der Waals surface area (Å²) in [5.74, 6) is 1.56. The fourth-order valence-corrected chi connectivity index (χ4v) is 2.36. The molecule has 4 rings (SSSR count). The van der Waals surface area contributed by atoms with E-state index in [9.17, 15) is 0 Å². The van der Waals surface area contributed by atoms with Crippen molar-refractivity contribution < 1.29 is 9.47 Å². The molecule has 100 valence electrons. The highest BCUT2D eigenvalue weighted by Crippen LogP contribution is 2.35. The average Bonchev–Trinajstić information content (AvgIpc) is 3.06. The summed E-state index contributed by atoms with van der Waals surface area (Å²) in [5, 5.41) is 8.74. The van der Waals surface area contributed by atoms with Gasteiger partial charge in [0.2, 0.25) is 6.79 Å². The second-order valence-corrected chi connectivity index (χ2v) is 4.73. The quantitative estimate of drug-likeness (QED) is 0.775. The van der Waals surface area contributed by atoms with Crippen molar-refractivity contribution in [3.63, 3.8) is 0 Å². The number of aryl methyl sites for hydroxylation is 1. The number of rotatable bonds is 2. The van der Waals surface area contributed by atoms with Crippen molar-refractivity contribution in [2.24, 2.45) is 7.05 Å². The van der Waals surface area contributed by atoms with Crippen LogP contribution in [0.2, 0.25) is 0 Å².